The molecule has 0 N–H and O–H groups in total. The van der Waals surface area contributed by atoms with E-state index >= 15 is 0 Å². The molecule has 2 unspecified atom stereocenters. The van der Waals surface area contributed by atoms with E-state index in [2.05, 4.69) is 6.58 Å². The lowest BCUT2D eigenvalue weighted by molar-refractivity contribution is -0.329. The van der Waals surface area contributed by atoms with Crippen molar-refractivity contribution in [3.05, 3.63) is 12.2 Å². The van der Waals surface area contributed by atoms with E-state index in [1.54, 1.807) is 0 Å². The molecule has 2 spiro atoms. The Kier molecular flexibility index (Phi) is 2.68. The second kappa shape index (κ2) is 4.31. The van der Waals surface area contributed by atoms with Gasteiger partial charge in [-0.1, -0.05) is 12.2 Å². The zero-order chi connectivity index (χ0) is 14.1. The van der Waals surface area contributed by atoms with Crippen molar-refractivity contribution < 1.29 is 18.9 Å². The fourth-order valence-corrected chi connectivity index (χ4v) is 5.94. The van der Waals surface area contributed by atoms with Crippen LogP contribution in [0.25, 0.3) is 0 Å². The molecule has 2 aliphatic heterocycles. The third kappa shape index (κ3) is 1.60. The number of allylic oxidation sites excluding steroid dienone is 1. The third-order valence-corrected chi connectivity index (χ3v) is 6.53. The SMILES string of the molecule is C=C1CC2C[C@@H]3C[C@@H](CC(C1)C31OCCO1)C21OCCO1. The molecule has 21 heavy (non-hydrogen) atoms. The number of rotatable bonds is 0. The van der Waals surface area contributed by atoms with Gasteiger partial charge in [-0.2, -0.15) is 0 Å². The molecule has 0 aromatic rings. The van der Waals surface area contributed by atoms with Crippen LogP contribution in [0.3, 0.4) is 0 Å². The first-order valence-corrected chi connectivity index (χ1v) is 8.45. The van der Waals surface area contributed by atoms with E-state index in [9.17, 15) is 0 Å². The van der Waals surface area contributed by atoms with Crippen LogP contribution in [0.5, 0.6) is 0 Å². The quantitative estimate of drug-likeness (QED) is 0.643. The zero-order valence-electron chi connectivity index (χ0n) is 12.5. The lowest BCUT2D eigenvalue weighted by atomic mass is 9.54. The van der Waals surface area contributed by atoms with E-state index in [-0.39, 0.29) is 11.6 Å². The van der Waals surface area contributed by atoms with E-state index in [1.165, 1.54) is 5.57 Å². The molecule has 4 aliphatic carbocycles. The van der Waals surface area contributed by atoms with Gasteiger partial charge in [0.25, 0.3) is 0 Å². The van der Waals surface area contributed by atoms with Crippen LogP contribution in [-0.4, -0.2) is 38.0 Å². The van der Waals surface area contributed by atoms with E-state index < -0.39 is 0 Å². The van der Waals surface area contributed by atoms with Gasteiger partial charge in [0.15, 0.2) is 11.6 Å². The molecule has 4 bridgehead atoms. The standard InChI is InChI=1S/C17H24O4/c1-11-6-12-8-15-10-14(16(12)18-2-3-19-16)9-13(7-11)17(15)20-4-5-21-17/h12-15H,1-10H2/t12?,13?,14-,15-/m1/s1. The molecule has 2 saturated heterocycles. The molecular weight excluding hydrogens is 268 g/mol. The Labute approximate surface area is 125 Å². The van der Waals surface area contributed by atoms with E-state index in [0.29, 0.717) is 23.7 Å². The van der Waals surface area contributed by atoms with Crippen molar-refractivity contribution in [2.75, 3.05) is 26.4 Å². The second-order valence-electron chi connectivity index (χ2n) is 7.49. The van der Waals surface area contributed by atoms with E-state index in [1.807, 2.05) is 0 Å². The fraction of sp³-hybridized carbons (Fsp3) is 0.882. The van der Waals surface area contributed by atoms with Gasteiger partial charge in [0, 0.05) is 23.7 Å². The van der Waals surface area contributed by atoms with Crippen molar-refractivity contribution in [2.24, 2.45) is 23.7 Å². The lowest BCUT2D eigenvalue weighted by Crippen LogP contribution is -2.63. The minimum absolute atomic E-state index is 0.335. The first-order valence-electron chi connectivity index (χ1n) is 8.45. The number of ether oxygens (including phenoxy) is 4. The third-order valence-electron chi connectivity index (χ3n) is 6.53. The molecule has 0 radical (unpaired) electrons. The summed E-state index contributed by atoms with van der Waals surface area (Å²) in [5, 5.41) is 0. The van der Waals surface area contributed by atoms with Crippen LogP contribution in [0, 0.1) is 23.7 Å². The van der Waals surface area contributed by atoms with Gasteiger partial charge in [0.05, 0.1) is 26.4 Å². The van der Waals surface area contributed by atoms with E-state index in [0.717, 1.165) is 58.5 Å². The number of hydrogen-bond donors (Lipinski definition) is 0. The molecular formula is C17H24O4. The highest BCUT2D eigenvalue weighted by Gasteiger charge is 2.66. The first-order chi connectivity index (χ1) is 10.2. The summed E-state index contributed by atoms with van der Waals surface area (Å²) < 4.78 is 24.8. The van der Waals surface area contributed by atoms with Gasteiger partial charge in [0.2, 0.25) is 0 Å². The summed E-state index contributed by atoms with van der Waals surface area (Å²) in [6.45, 7) is 7.30. The molecule has 6 fully saturated rings. The Bertz CT molecular complexity index is 421. The Morgan fingerprint density at radius 2 is 1.05 bits per heavy atom. The largest absolute Gasteiger partial charge is 0.347 e. The molecule has 0 aromatic heterocycles. The van der Waals surface area contributed by atoms with Crippen LogP contribution >= 0.6 is 0 Å². The molecule has 0 amide bonds. The molecule has 116 valence electrons. The minimum atomic E-state index is -0.335. The highest BCUT2D eigenvalue weighted by molar-refractivity contribution is 5.15. The molecule has 6 aliphatic rings. The van der Waals surface area contributed by atoms with Crippen molar-refractivity contribution in [2.45, 2.75) is 43.7 Å². The van der Waals surface area contributed by atoms with Gasteiger partial charge < -0.3 is 18.9 Å². The second-order valence-corrected chi connectivity index (χ2v) is 7.49. The fourth-order valence-electron chi connectivity index (χ4n) is 5.94. The molecule has 4 nitrogen and oxygen atoms in total. The van der Waals surface area contributed by atoms with Gasteiger partial charge in [-0.05, 0) is 32.1 Å². The van der Waals surface area contributed by atoms with Gasteiger partial charge in [0.1, 0.15) is 0 Å². The smallest absolute Gasteiger partial charge is 0.174 e. The predicted octanol–water partition coefficient (Wildman–Crippen LogP) is 2.48. The van der Waals surface area contributed by atoms with Crippen LogP contribution in [0.15, 0.2) is 12.2 Å². The summed E-state index contributed by atoms with van der Waals surface area (Å²) in [5.74, 6) is 1.17. The average molecular weight is 292 g/mol. The van der Waals surface area contributed by atoms with E-state index in [4.69, 9.17) is 18.9 Å². The summed E-state index contributed by atoms with van der Waals surface area (Å²) in [6.07, 6.45) is 5.39. The molecule has 4 saturated carbocycles. The van der Waals surface area contributed by atoms with Gasteiger partial charge in [-0.3, -0.25) is 0 Å². The molecule has 4 atom stereocenters. The number of fused-ring (bicyclic) bond motifs is 2. The Hall–Kier alpha value is -0.420. The van der Waals surface area contributed by atoms with Crippen molar-refractivity contribution in [1.29, 1.82) is 0 Å². The molecule has 0 aromatic carbocycles. The monoisotopic (exact) mass is 292 g/mol. The molecule has 4 heteroatoms. The Balaban J connectivity index is 1.59. The number of hydrogen-bond acceptors (Lipinski definition) is 4. The van der Waals surface area contributed by atoms with Crippen molar-refractivity contribution in [3.63, 3.8) is 0 Å². The maximum atomic E-state index is 6.21. The normalized spacial score (nSPS) is 46.4. The maximum Gasteiger partial charge on any atom is 0.174 e. The minimum Gasteiger partial charge on any atom is -0.347 e. The van der Waals surface area contributed by atoms with Crippen molar-refractivity contribution in [1.82, 2.24) is 0 Å². The first kappa shape index (κ1) is 13.1. The predicted molar refractivity (Wildman–Crippen MR) is 75.5 cm³/mol. The molecule has 6 rings (SSSR count). The summed E-state index contributed by atoms with van der Waals surface area (Å²) >= 11 is 0. The topological polar surface area (TPSA) is 36.9 Å². The van der Waals surface area contributed by atoms with Gasteiger partial charge in [-0.25, -0.2) is 0 Å². The van der Waals surface area contributed by atoms with Crippen LogP contribution < -0.4 is 0 Å². The zero-order valence-corrected chi connectivity index (χ0v) is 12.5. The highest BCUT2D eigenvalue weighted by atomic mass is 16.7. The summed E-state index contributed by atoms with van der Waals surface area (Å²) in [5.41, 5.74) is 1.32. The van der Waals surface area contributed by atoms with Crippen LogP contribution in [0.2, 0.25) is 0 Å². The Morgan fingerprint density at radius 3 is 1.48 bits per heavy atom. The van der Waals surface area contributed by atoms with Crippen molar-refractivity contribution >= 4 is 0 Å². The molecule has 2 heterocycles. The Morgan fingerprint density at radius 1 is 0.667 bits per heavy atom. The van der Waals surface area contributed by atoms with Crippen LogP contribution in [-0.2, 0) is 18.9 Å². The average Bonchev–Trinajstić information content (AvgIpc) is 3.12. The summed E-state index contributed by atoms with van der Waals surface area (Å²) in [7, 11) is 0. The van der Waals surface area contributed by atoms with Crippen LogP contribution in [0.4, 0.5) is 0 Å². The summed E-state index contributed by atoms with van der Waals surface area (Å²) in [4.78, 5) is 0. The maximum absolute atomic E-state index is 6.21. The highest BCUT2D eigenvalue weighted by Crippen LogP contribution is 2.62. The van der Waals surface area contributed by atoms with Gasteiger partial charge in [-0.15, -0.1) is 0 Å². The van der Waals surface area contributed by atoms with Gasteiger partial charge >= 0.3 is 0 Å². The summed E-state index contributed by atoms with van der Waals surface area (Å²) in [6, 6.07) is 0. The lowest BCUT2D eigenvalue weighted by Gasteiger charge is -2.59. The van der Waals surface area contributed by atoms with Crippen molar-refractivity contribution in [3.8, 4) is 0 Å². The van der Waals surface area contributed by atoms with Crippen LogP contribution in [0.1, 0.15) is 32.1 Å².